The summed E-state index contributed by atoms with van der Waals surface area (Å²) in [7, 11) is 0. The van der Waals surface area contributed by atoms with Crippen molar-refractivity contribution in [3.8, 4) is 0 Å². The number of aliphatic hydroxyl groups excluding tert-OH is 1. The van der Waals surface area contributed by atoms with Crippen molar-refractivity contribution < 1.29 is 14.3 Å². The Morgan fingerprint density at radius 3 is 2.86 bits per heavy atom. The average molecular weight is 289 g/mol. The molecule has 1 aromatic carbocycles. The summed E-state index contributed by atoms with van der Waals surface area (Å²) >= 11 is 0. The van der Waals surface area contributed by atoms with E-state index >= 15 is 0 Å². The summed E-state index contributed by atoms with van der Waals surface area (Å²) in [4.78, 5) is 24.0. The number of amides is 1. The lowest BCUT2D eigenvalue weighted by Gasteiger charge is -2.13. The number of carbonyl (C=O) groups is 1. The third-order valence-corrected chi connectivity index (χ3v) is 3.52. The molecule has 0 spiro atoms. The van der Waals surface area contributed by atoms with Crippen LogP contribution in [-0.4, -0.2) is 24.2 Å². The van der Waals surface area contributed by atoms with Crippen LogP contribution in [0.3, 0.4) is 0 Å². The molecule has 2 aromatic rings. The van der Waals surface area contributed by atoms with E-state index in [0.717, 1.165) is 6.42 Å². The first-order valence-electron chi connectivity index (χ1n) is 7.07. The van der Waals surface area contributed by atoms with Crippen molar-refractivity contribution in [2.75, 3.05) is 13.2 Å². The molecule has 0 bridgehead atoms. The van der Waals surface area contributed by atoms with Crippen LogP contribution in [0.2, 0.25) is 0 Å². The van der Waals surface area contributed by atoms with Gasteiger partial charge in [0, 0.05) is 19.2 Å². The fourth-order valence-corrected chi connectivity index (χ4v) is 2.17. The molecule has 1 heterocycles. The highest BCUT2D eigenvalue weighted by Crippen LogP contribution is 2.12. The van der Waals surface area contributed by atoms with Gasteiger partial charge in [0.15, 0.2) is 11.2 Å². The fourth-order valence-electron chi connectivity index (χ4n) is 2.17. The van der Waals surface area contributed by atoms with Gasteiger partial charge in [0.1, 0.15) is 5.58 Å². The highest BCUT2D eigenvalue weighted by Gasteiger charge is 2.14. The molecular formula is C16H19NO4. The minimum atomic E-state index is -0.408. The minimum Gasteiger partial charge on any atom is -0.451 e. The van der Waals surface area contributed by atoms with E-state index < -0.39 is 5.91 Å². The van der Waals surface area contributed by atoms with Crippen LogP contribution in [0.25, 0.3) is 11.0 Å². The summed E-state index contributed by atoms with van der Waals surface area (Å²) in [5.74, 6) is -0.182. The van der Waals surface area contributed by atoms with Crippen LogP contribution in [0.4, 0.5) is 0 Å². The van der Waals surface area contributed by atoms with Gasteiger partial charge in [0.05, 0.1) is 5.39 Å². The van der Waals surface area contributed by atoms with Crippen LogP contribution < -0.4 is 10.7 Å². The lowest BCUT2D eigenvalue weighted by Crippen LogP contribution is -2.30. The Hall–Kier alpha value is -2.14. The van der Waals surface area contributed by atoms with Crippen LogP contribution in [0.15, 0.2) is 39.5 Å². The second-order valence-electron chi connectivity index (χ2n) is 4.97. The number of carbonyl (C=O) groups excluding carboxylic acids is 1. The summed E-state index contributed by atoms with van der Waals surface area (Å²) in [6.45, 7) is 2.55. The number of benzene rings is 1. The molecular weight excluding hydrogens is 270 g/mol. The first-order chi connectivity index (χ1) is 10.2. The van der Waals surface area contributed by atoms with E-state index in [1.54, 1.807) is 24.3 Å². The van der Waals surface area contributed by atoms with E-state index in [2.05, 4.69) is 5.32 Å². The molecule has 2 N–H and O–H groups in total. The minimum absolute atomic E-state index is 0.0116. The van der Waals surface area contributed by atoms with Gasteiger partial charge >= 0.3 is 0 Å². The highest BCUT2D eigenvalue weighted by molar-refractivity contribution is 5.93. The molecule has 1 aromatic heterocycles. The molecule has 0 aliphatic rings. The molecule has 21 heavy (non-hydrogen) atoms. The first kappa shape index (κ1) is 15.3. The Morgan fingerprint density at radius 1 is 1.38 bits per heavy atom. The van der Waals surface area contributed by atoms with Gasteiger partial charge < -0.3 is 14.8 Å². The number of rotatable bonds is 6. The predicted octanol–water partition coefficient (Wildman–Crippen LogP) is 1.93. The Kier molecular flexibility index (Phi) is 5.11. The van der Waals surface area contributed by atoms with Gasteiger partial charge in [-0.25, -0.2) is 0 Å². The molecule has 5 nitrogen and oxygen atoms in total. The second-order valence-corrected chi connectivity index (χ2v) is 4.97. The Morgan fingerprint density at radius 2 is 2.14 bits per heavy atom. The van der Waals surface area contributed by atoms with E-state index in [0.29, 0.717) is 23.9 Å². The first-order valence-corrected chi connectivity index (χ1v) is 7.07. The topological polar surface area (TPSA) is 79.5 Å². The summed E-state index contributed by atoms with van der Waals surface area (Å²) < 4.78 is 5.47. The van der Waals surface area contributed by atoms with Gasteiger partial charge in [-0.3, -0.25) is 9.59 Å². The number of hydrogen-bond donors (Lipinski definition) is 2. The maximum Gasteiger partial charge on any atom is 0.287 e. The van der Waals surface area contributed by atoms with Crippen molar-refractivity contribution in [3.05, 3.63) is 46.3 Å². The fraction of sp³-hybridized carbons (Fsp3) is 0.375. The molecule has 1 unspecified atom stereocenters. The molecule has 5 heteroatoms. The monoisotopic (exact) mass is 289 g/mol. The number of hydrogen-bond acceptors (Lipinski definition) is 4. The summed E-state index contributed by atoms with van der Waals surface area (Å²) in [6.07, 6.45) is 1.50. The molecule has 1 amide bonds. The van der Waals surface area contributed by atoms with Crippen LogP contribution in [0.1, 0.15) is 30.3 Å². The van der Waals surface area contributed by atoms with Gasteiger partial charge in [-0.05, 0) is 24.5 Å². The van der Waals surface area contributed by atoms with E-state index in [1.165, 1.54) is 6.07 Å². The van der Waals surface area contributed by atoms with Gasteiger partial charge in [0.25, 0.3) is 5.91 Å². The van der Waals surface area contributed by atoms with E-state index in [4.69, 9.17) is 9.52 Å². The zero-order valence-electron chi connectivity index (χ0n) is 12.0. The molecule has 0 radical (unpaired) electrons. The average Bonchev–Trinajstić information content (AvgIpc) is 2.51. The summed E-state index contributed by atoms with van der Waals surface area (Å²) in [6, 6.07) is 8.04. The normalized spacial score (nSPS) is 12.3. The number of para-hydroxylation sites is 1. The molecule has 0 fully saturated rings. The van der Waals surface area contributed by atoms with E-state index in [1.807, 2.05) is 6.92 Å². The Labute approximate surface area is 122 Å². The lowest BCUT2D eigenvalue weighted by atomic mass is 10.0. The maximum absolute atomic E-state index is 12.1. The smallest absolute Gasteiger partial charge is 0.287 e. The maximum atomic E-state index is 12.1. The van der Waals surface area contributed by atoms with E-state index in [9.17, 15) is 9.59 Å². The van der Waals surface area contributed by atoms with Crippen molar-refractivity contribution in [1.82, 2.24) is 5.32 Å². The van der Waals surface area contributed by atoms with Gasteiger partial charge in [-0.2, -0.15) is 0 Å². The number of aliphatic hydroxyl groups is 1. The second kappa shape index (κ2) is 7.04. The zero-order chi connectivity index (χ0) is 15.2. The summed E-state index contributed by atoms with van der Waals surface area (Å²) in [5.41, 5.74) is 0.168. The van der Waals surface area contributed by atoms with Crippen molar-refractivity contribution in [2.24, 2.45) is 5.92 Å². The van der Waals surface area contributed by atoms with Crippen LogP contribution in [0.5, 0.6) is 0 Å². The number of fused-ring (bicyclic) bond motifs is 1. The van der Waals surface area contributed by atoms with Crippen LogP contribution >= 0.6 is 0 Å². The Balaban J connectivity index is 2.14. The van der Waals surface area contributed by atoms with Crippen molar-refractivity contribution in [1.29, 1.82) is 0 Å². The highest BCUT2D eigenvalue weighted by atomic mass is 16.3. The largest absolute Gasteiger partial charge is 0.451 e. The zero-order valence-corrected chi connectivity index (χ0v) is 12.0. The molecule has 0 saturated heterocycles. The van der Waals surface area contributed by atoms with Gasteiger partial charge in [-0.1, -0.05) is 25.5 Å². The lowest BCUT2D eigenvalue weighted by molar-refractivity contribution is 0.0916. The van der Waals surface area contributed by atoms with Crippen molar-refractivity contribution >= 4 is 16.9 Å². The Bertz CT molecular complexity index is 677. The van der Waals surface area contributed by atoms with E-state index in [-0.39, 0.29) is 23.7 Å². The summed E-state index contributed by atoms with van der Waals surface area (Å²) in [5, 5.41) is 12.1. The SMILES string of the molecule is CCC(CCO)CNC(=O)c1cc(=O)c2ccccc2o1. The van der Waals surface area contributed by atoms with Crippen molar-refractivity contribution in [3.63, 3.8) is 0 Å². The number of nitrogens with one attached hydrogen (secondary N) is 1. The molecule has 2 rings (SSSR count). The van der Waals surface area contributed by atoms with Crippen LogP contribution in [-0.2, 0) is 0 Å². The molecule has 0 saturated carbocycles. The van der Waals surface area contributed by atoms with Crippen molar-refractivity contribution in [2.45, 2.75) is 19.8 Å². The van der Waals surface area contributed by atoms with Crippen LogP contribution in [0, 0.1) is 5.92 Å². The molecule has 1 atom stereocenters. The molecule has 112 valence electrons. The molecule has 0 aliphatic carbocycles. The quantitative estimate of drug-likeness (QED) is 0.851. The van der Waals surface area contributed by atoms with Gasteiger partial charge in [-0.15, -0.1) is 0 Å². The molecule has 0 aliphatic heterocycles. The standard InChI is InChI=1S/C16H19NO4/c1-2-11(7-8-18)10-17-16(20)15-9-13(19)12-5-3-4-6-14(12)21-15/h3-6,9,11,18H,2,7-8,10H2,1H3,(H,17,20). The third-order valence-electron chi connectivity index (χ3n) is 3.52. The predicted molar refractivity (Wildman–Crippen MR) is 80.3 cm³/mol. The third kappa shape index (κ3) is 3.70. The van der Waals surface area contributed by atoms with Gasteiger partial charge in [0.2, 0.25) is 0 Å².